The van der Waals surface area contributed by atoms with E-state index in [1.165, 1.54) is 6.07 Å². The largest absolute Gasteiger partial charge is 0.380 e. The predicted molar refractivity (Wildman–Crippen MR) is 83.4 cm³/mol. The molecule has 112 valence electrons. The van der Waals surface area contributed by atoms with Crippen LogP contribution in [0.5, 0.6) is 0 Å². The van der Waals surface area contributed by atoms with Crippen LogP contribution in [0.3, 0.4) is 0 Å². The molecule has 0 aliphatic carbocycles. The SMILES string of the molecule is COCc1cc(=O)[nH]c2cc(NC(=O)C(C)(C)C)ccc12. The Bertz CT molecular complexity index is 726. The summed E-state index contributed by atoms with van der Waals surface area (Å²) >= 11 is 0. The van der Waals surface area contributed by atoms with Gasteiger partial charge in [0.05, 0.1) is 12.1 Å². The summed E-state index contributed by atoms with van der Waals surface area (Å²) in [6.07, 6.45) is 0. The van der Waals surface area contributed by atoms with Crippen LogP contribution < -0.4 is 10.9 Å². The number of fused-ring (bicyclic) bond motifs is 1. The zero-order valence-corrected chi connectivity index (χ0v) is 12.7. The number of H-pyrrole nitrogens is 1. The van der Waals surface area contributed by atoms with Crippen molar-refractivity contribution in [1.82, 2.24) is 4.98 Å². The molecule has 0 atom stereocenters. The van der Waals surface area contributed by atoms with E-state index in [1.54, 1.807) is 13.2 Å². The van der Waals surface area contributed by atoms with E-state index in [-0.39, 0.29) is 11.5 Å². The molecule has 0 aliphatic heterocycles. The minimum Gasteiger partial charge on any atom is -0.380 e. The van der Waals surface area contributed by atoms with Gasteiger partial charge in [-0.3, -0.25) is 9.59 Å². The third kappa shape index (κ3) is 3.49. The number of methoxy groups -OCH3 is 1. The number of carbonyl (C=O) groups is 1. The van der Waals surface area contributed by atoms with Crippen molar-refractivity contribution in [2.24, 2.45) is 5.41 Å². The summed E-state index contributed by atoms with van der Waals surface area (Å²) in [5.41, 5.74) is 1.51. The van der Waals surface area contributed by atoms with Crippen molar-refractivity contribution in [3.05, 3.63) is 40.2 Å². The topological polar surface area (TPSA) is 71.2 Å². The standard InChI is InChI=1S/C16H20N2O3/c1-16(2,3)15(20)17-11-5-6-12-10(9-21-4)7-14(19)18-13(12)8-11/h5-8H,9H2,1-4H3,(H,17,20)(H,18,19). The van der Waals surface area contributed by atoms with E-state index in [0.29, 0.717) is 17.8 Å². The highest BCUT2D eigenvalue weighted by molar-refractivity contribution is 5.96. The smallest absolute Gasteiger partial charge is 0.248 e. The molecule has 0 bridgehead atoms. The molecular weight excluding hydrogens is 268 g/mol. The van der Waals surface area contributed by atoms with Gasteiger partial charge in [-0.15, -0.1) is 0 Å². The third-order valence-corrected chi connectivity index (χ3v) is 3.17. The van der Waals surface area contributed by atoms with Crippen molar-refractivity contribution in [3.8, 4) is 0 Å². The van der Waals surface area contributed by atoms with Gasteiger partial charge >= 0.3 is 0 Å². The monoisotopic (exact) mass is 288 g/mol. The van der Waals surface area contributed by atoms with Gasteiger partial charge in [0.1, 0.15) is 0 Å². The molecule has 0 fully saturated rings. The number of hydrogen-bond acceptors (Lipinski definition) is 3. The first-order chi connectivity index (χ1) is 9.81. The first-order valence-corrected chi connectivity index (χ1v) is 6.77. The van der Waals surface area contributed by atoms with Crippen LogP contribution in [0, 0.1) is 5.41 Å². The van der Waals surface area contributed by atoms with Gasteiger partial charge in [0.25, 0.3) is 0 Å². The summed E-state index contributed by atoms with van der Waals surface area (Å²) in [6.45, 7) is 5.92. The van der Waals surface area contributed by atoms with Crippen molar-refractivity contribution in [3.63, 3.8) is 0 Å². The zero-order valence-electron chi connectivity index (χ0n) is 12.7. The van der Waals surface area contributed by atoms with Crippen LogP contribution in [-0.4, -0.2) is 18.0 Å². The van der Waals surface area contributed by atoms with Gasteiger partial charge in [0.15, 0.2) is 0 Å². The molecule has 5 heteroatoms. The molecule has 1 aromatic heterocycles. The number of ether oxygens (including phenoxy) is 1. The molecule has 1 aromatic carbocycles. The van der Waals surface area contributed by atoms with E-state index < -0.39 is 5.41 Å². The van der Waals surface area contributed by atoms with Gasteiger partial charge in [-0.25, -0.2) is 0 Å². The second-order valence-corrected chi connectivity index (χ2v) is 6.06. The van der Waals surface area contributed by atoms with E-state index in [1.807, 2.05) is 32.9 Å². The number of hydrogen-bond donors (Lipinski definition) is 2. The molecule has 1 heterocycles. The van der Waals surface area contributed by atoms with Crippen LogP contribution in [0.25, 0.3) is 10.9 Å². The number of aromatic amines is 1. The number of benzene rings is 1. The number of nitrogens with one attached hydrogen (secondary N) is 2. The fourth-order valence-electron chi connectivity index (χ4n) is 2.00. The quantitative estimate of drug-likeness (QED) is 0.912. The fourth-order valence-corrected chi connectivity index (χ4v) is 2.00. The normalized spacial score (nSPS) is 11.6. The molecule has 0 radical (unpaired) electrons. The van der Waals surface area contributed by atoms with Crippen LogP contribution in [0.1, 0.15) is 26.3 Å². The molecule has 21 heavy (non-hydrogen) atoms. The Morgan fingerprint density at radius 3 is 2.62 bits per heavy atom. The van der Waals surface area contributed by atoms with Gasteiger partial charge in [-0.05, 0) is 17.7 Å². The maximum atomic E-state index is 12.0. The van der Waals surface area contributed by atoms with E-state index in [4.69, 9.17) is 4.74 Å². The van der Waals surface area contributed by atoms with Gasteiger partial charge in [0.2, 0.25) is 11.5 Å². The fraction of sp³-hybridized carbons (Fsp3) is 0.375. The highest BCUT2D eigenvalue weighted by Crippen LogP contribution is 2.22. The van der Waals surface area contributed by atoms with Crippen LogP contribution in [0.2, 0.25) is 0 Å². The van der Waals surface area contributed by atoms with Crippen molar-refractivity contribution in [1.29, 1.82) is 0 Å². The van der Waals surface area contributed by atoms with E-state index in [0.717, 1.165) is 10.9 Å². The second kappa shape index (κ2) is 5.69. The molecule has 2 N–H and O–H groups in total. The van der Waals surface area contributed by atoms with Gasteiger partial charge in [-0.2, -0.15) is 0 Å². The lowest BCUT2D eigenvalue weighted by Gasteiger charge is -2.18. The predicted octanol–water partition coefficient (Wildman–Crippen LogP) is 2.66. The molecule has 0 unspecified atom stereocenters. The Balaban J connectivity index is 2.43. The van der Waals surface area contributed by atoms with Gasteiger partial charge < -0.3 is 15.0 Å². The van der Waals surface area contributed by atoms with Gasteiger partial charge in [-0.1, -0.05) is 26.8 Å². The van der Waals surface area contributed by atoms with E-state index in [9.17, 15) is 9.59 Å². The average Bonchev–Trinajstić information content (AvgIpc) is 2.37. The lowest BCUT2D eigenvalue weighted by Crippen LogP contribution is -2.27. The molecular formula is C16H20N2O3. The first-order valence-electron chi connectivity index (χ1n) is 6.77. The summed E-state index contributed by atoms with van der Waals surface area (Å²) < 4.78 is 5.11. The van der Waals surface area contributed by atoms with Gasteiger partial charge in [0, 0.05) is 29.7 Å². The highest BCUT2D eigenvalue weighted by atomic mass is 16.5. The van der Waals surface area contributed by atoms with Crippen LogP contribution in [0.15, 0.2) is 29.1 Å². The van der Waals surface area contributed by atoms with Crippen LogP contribution >= 0.6 is 0 Å². The molecule has 5 nitrogen and oxygen atoms in total. The average molecular weight is 288 g/mol. The second-order valence-electron chi connectivity index (χ2n) is 6.06. The minimum absolute atomic E-state index is 0.0720. The third-order valence-electron chi connectivity index (χ3n) is 3.17. The molecule has 0 saturated carbocycles. The Morgan fingerprint density at radius 2 is 2.00 bits per heavy atom. The molecule has 2 rings (SSSR count). The maximum Gasteiger partial charge on any atom is 0.248 e. The number of rotatable bonds is 3. The first kappa shape index (κ1) is 15.3. The summed E-state index contributed by atoms with van der Waals surface area (Å²) in [6, 6.07) is 6.99. The zero-order chi connectivity index (χ0) is 15.6. The van der Waals surface area contributed by atoms with Crippen molar-refractivity contribution in [2.45, 2.75) is 27.4 Å². The summed E-state index contributed by atoms with van der Waals surface area (Å²) in [4.78, 5) is 26.5. The number of amides is 1. The van der Waals surface area contributed by atoms with Crippen molar-refractivity contribution >= 4 is 22.5 Å². The molecule has 1 amide bonds. The molecule has 0 spiro atoms. The van der Waals surface area contributed by atoms with E-state index >= 15 is 0 Å². The summed E-state index contributed by atoms with van der Waals surface area (Å²) in [5.74, 6) is -0.0720. The van der Waals surface area contributed by atoms with E-state index in [2.05, 4.69) is 10.3 Å². The van der Waals surface area contributed by atoms with Crippen LogP contribution in [0.4, 0.5) is 5.69 Å². The lowest BCUT2D eigenvalue weighted by atomic mass is 9.95. The highest BCUT2D eigenvalue weighted by Gasteiger charge is 2.21. The lowest BCUT2D eigenvalue weighted by molar-refractivity contribution is -0.123. The van der Waals surface area contributed by atoms with Crippen LogP contribution in [-0.2, 0) is 16.1 Å². The Morgan fingerprint density at radius 1 is 1.29 bits per heavy atom. The Labute approximate surface area is 123 Å². The number of anilines is 1. The van der Waals surface area contributed by atoms with Crippen molar-refractivity contribution < 1.29 is 9.53 Å². The molecule has 2 aromatic rings. The summed E-state index contributed by atoms with van der Waals surface area (Å²) in [5, 5.41) is 3.76. The number of aromatic nitrogens is 1. The molecule has 0 aliphatic rings. The van der Waals surface area contributed by atoms with Crippen molar-refractivity contribution in [2.75, 3.05) is 12.4 Å². The maximum absolute atomic E-state index is 12.0. The Kier molecular flexibility index (Phi) is 4.14. The minimum atomic E-state index is -0.472. The Hall–Kier alpha value is -2.14. The molecule has 0 saturated heterocycles. The number of carbonyl (C=O) groups excluding carboxylic acids is 1. The number of pyridine rings is 1. The summed E-state index contributed by atoms with van der Waals surface area (Å²) in [7, 11) is 1.59.